The molecule has 0 radical (unpaired) electrons. The summed E-state index contributed by atoms with van der Waals surface area (Å²) in [5.41, 5.74) is 3.36. The van der Waals surface area contributed by atoms with Crippen molar-refractivity contribution in [2.45, 2.75) is 32.0 Å². The number of piperidine rings is 1. The number of methoxy groups -OCH3 is 1. The number of carbonyl (C=O) groups excluding carboxylic acids is 1. The summed E-state index contributed by atoms with van der Waals surface area (Å²) in [6, 6.07) is 21.2. The van der Waals surface area contributed by atoms with Gasteiger partial charge >= 0.3 is 0 Å². The average molecular weight is 474 g/mol. The van der Waals surface area contributed by atoms with E-state index in [1.807, 2.05) is 18.2 Å². The number of nitrogens with zero attached hydrogens (tertiary/aromatic N) is 2. The molecule has 0 atom stereocenters. The molecule has 6 nitrogen and oxygen atoms in total. The first-order valence-electron chi connectivity index (χ1n) is 12.7. The third-order valence-electron chi connectivity index (χ3n) is 7.14. The predicted molar refractivity (Wildman–Crippen MR) is 139 cm³/mol. The second-order valence-corrected chi connectivity index (χ2v) is 9.66. The molecule has 35 heavy (non-hydrogen) atoms. The highest BCUT2D eigenvalue weighted by Crippen LogP contribution is 2.22. The van der Waals surface area contributed by atoms with Gasteiger partial charge in [-0.1, -0.05) is 30.3 Å². The molecule has 3 aromatic rings. The summed E-state index contributed by atoms with van der Waals surface area (Å²) in [5.74, 6) is 0.681. The third kappa shape index (κ3) is 6.20. The van der Waals surface area contributed by atoms with Crippen molar-refractivity contribution in [3.05, 3.63) is 77.4 Å². The van der Waals surface area contributed by atoms with Crippen molar-refractivity contribution >= 4 is 16.7 Å². The number of hydrogen-bond donors (Lipinski definition) is 1. The molecule has 0 spiro atoms. The molecule has 6 heteroatoms. The molecule has 1 N–H and O–H groups in total. The van der Waals surface area contributed by atoms with Crippen LogP contribution in [0.15, 0.2) is 60.7 Å². The predicted octanol–water partition coefficient (Wildman–Crippen LogP) is 4.08. The second-order valence-electron chi connectivity index (χ2n) is 9.66. The van der Waals surface area contributed by atoms with Crippen LogP contribution >= 0.6 is 0 Å². The van der Waals surface area contributed by atoms with E-state index in [1.165, 1.54) is 21.9 Å². The number of morpholine rings is 1. The fourth-order valence-electron chi connectivity index (χ4n) is 5.09. The van der Waals surface area contributed by atoms with Gasteiger partial charge in [0.2, 0.25) is 0 Å². The molecular formula is C29H35N3O3. The lowest BCUT2D eigenvalue weighted by Gasteiger charge is -2.32. The molecule has 2 aliphatic heterocycles. The molecule has 184 valence electrons. The van der Waals surface area contributed by atoms with Crippen LogP contribution in [0.3, 0.4) is 0 Å². The third-order valence-corrected chi connectivity index (χ3v) is 7.14. The Hall–Kier alpha value is -2.93. The normalized spacial score (nSPS) is 18.0. The largest absolute Gasteiger partial charge is 0.497 e. The second kappa shape index (κ2) is 11.2. The van der Waals surface area contributed by atoms with Crippen molar-refractivity contribution in [3.63, 3.8) is 0 Å². The fraction of sp³-hybridized carbons (Fsp3) is 0.414. The van der Waals surface area contributed by atoms with E-state index in [0.29, 0.717) is 11.3 Å². The van der Waals surface area contributed by atoms with Crippen LogP contribution in [0, 0.1) is 0 Å². The molecule has 2 heterocycles. The number of amides is 1. The molecule has 0 saturated carbocycles. The lowest BCUT2D eigenvalue weighted by atomic mass is 10.0. The maximum Gasteiger partial charge on any atom is 0.251 e. The van der Waals surface area contributed by atoms with E-state index >= 15 is 0 Å². The molecule has 2 saturated heterocycles. The maximum atomic E-state index is 12.6. The monoisotopic (exact) mass is 473 g/mol. The SMILES string of the molecule is COc1cccc(C(=O)NC2CCN(Cc3ccc4ccc(CN5CCOCC5)cc4c3)CC2)c1. The van der Waals surface area contributed by atoms with Gasteiger partial charge < -0.3 is 14.8 Å². The highest BCUT2D eigenvalue weighted by Gasteiger charge is 2.21. The van der Waals surface area contributed by atoms with Crippen LogP contribution in [0.4, 0.5) is 0 Å². The summed E-state index contributed by atoms with van der Waals surface area (Å²) >= 11 is 0. The van der Waals surface area contributed by atoms with Gasteiger partial charge in [0.25, 0.3) is 5.91 Å². The van der Waals surface area contributed by atoms with Crippen LogP contribution < -0.4 is 10.1 Å². The molecule has 0 aromatic heterocycles. The van der Waals surface area contributed by atoms with Gasteiger partial charge in [0.15, 0.2) is 0 Å². The van der Waals surface area contributed by atoms with Crippen LogP contribution in [0.25, 0.3) is 10.8 Å². The highest BCUT2D eigenvalue weighted by molar-refractivity contribution is 5.94. The zero-order valence-electron chi connectivity index (χ0n) is 20.5. The van der Waals surface area contributed by atoms with E-state index in [4.69, 9.17) is 9.47 Å². The van der Waals surface area contributed by atoms with Crippen LogP contribution in [-0.2, 0) is 17.8 Å². The van der Waals surface area contributed by atoms with Crippen LogP contribution in [0.2, 0.25) is 0 Å². The van der Waals surface area contributed by atoms with Gasteiger partial charge in [-0.3, -0.25) is 14.6 Å². The van der Waals surface area contributed by atoms with E-state index in [2.05, 4.69) is 51.5 Å². The Balaban J connectivity index is 1.15. The Labute approximate surface area is 207 Å². The molecule has 2 fully saturated rings. The summed E-state index contributed by atoms with van der Waals surface area (Å²) in [6.45, 7) is 7.58. The molecule has 5 rings (SSSR count). The van der Waals surface area contributed by atoms with E-state index in [0.717, 1.165) is 65.3 Å². The van der Waals surface area contributed by atoms with E-state index in [1.54, 1.807) is 13.2 Å². The van der Waals surface area contributed by atoms with Crippen molar-refractivity contribution in [2.24, 2.45) is 0 Å². The van der Waals surface area contributed by atoms with E-state index in [9.17, 15) is 4.79 Å². The fourth-order valence-corrected chi connectivity index (χ4v) is 5.09. The van der Waals surface area contributed by atoms with Crippen LogP contribution in [0.1, 0.15) is 34.3 Å². The van der Waals surface area contributed by atoms with E-state index in [-0.39, 0.29) is 11.9 Å². The first-order valence-corrected chi connectivity index (χ1v) is 12.7. The summed E-state index contributed by atoms with van der Waals surface area (Å²) in [5, 5.41) is 5.81. The molecule has 0 unspecified atom stereocenters. The minimum absolute atomic E-state index is 0.0234. The van der Waals surface area contributed by atoms with Gasteiger partial charge in [-0.05, 0) is 65.1 Å². The van der Waals surface area contributed by atoms with Crippen LogP contribution in [0.5, 0.6) is 5.75 Å². The van der Waals surface area contributed by atoms with Crippen molar-refractivity contribution in [2.75, 3.05) is 46.5 Å². The van der Waals surface area contributed by atoms with Crippen molar-refractivity contribution in [1.82, 2.24) is 15.1 Å². The lowest BCUT2D eigenvalue weighted by molar-refractivity contribution is 0.0342. The summed E-state index contributed by atoms with van der Waals surface area (Å²) < 4.78 is 10.7. The molecular weight excluding hydrogens is 438 g/mol. The summed E-state index contributed by atoms with van der Waals surface area (Å²) in [7, 11) is 1.62. The Kier molecular flexibility index (Phi) is 7.62. The van der Waals surface area contributed by atoms with Gasteiger partial charge in [-0.2, -0.15) is 0 Å². The number of ether oxygens (including phenoxy) is 2. The minimum Gasteiger partial charge on any atom is -0.497 e. The number of rotatable bonds is 7. The lowest BCUT2D eigenvalue weighted by Crippen LogP contribution is -2.44. The van der Waals surface area contributed by atoms with Gasteiger partial charge in [0.05, 0.1) is 20.3 Å². The topological polar surface area (TPSA) is 54.0 Å². The molecule has 3 aromatic carbocycles. The van der Waals surface area contributed by atoms with Gasteiger partial charge in [0.1, 0.15) is 5.75 Å². The Morgan fingerprint density at radius 1 is 0.886 bits per heavy atom. The molecule has 1 amide bonds. The Morgan fingerprint density at radius 2 is 1.54 bits per heavy atom. The van der Waals surface area contributed by atoms with Crippen molar-refractivity contribution in [1.29, 1.82) is 0 Å². The van der Waals surface area contributed by atoms with E-state index < -0.39 is 0 Å². The molecule has 2 aliphatic rings. The zero-order valence-corrected chi connectivity index (χ0v) is 20.5. The maximum absolute atomic E-state index is 12.6. The van der Waals surface area contributed by atoms with Gasteiger partial charge in [-0.15, -0.1) is 0 Å². The summed E-state index contributed by atoms with van der Waals surface area (Å²) in [6.07, 6.45) is 1.93. The smallest absolute Gasteiger partial charge is 0.251 e. The number of fused-ring (bicyclic) bond motifs is 1. The number of likely N-dealkylation sites (tertiary alicyclic amines) is 1. The number of nitrogens with one attached hydrogen (secondary N) is 1. The number of hydrogen-bond acceptors (Lipinski definition) is 5. The highest BCUT2D eigenvalue weighted by atomic mass is 16.5. The quantitative estimate of drug-likeness (QED) is 0.561. The molecule has 0 bridgehead atoms. The number of benzene rings is 3. The Morgan fingerprint density at radius 3 is 2.20 bits per heavy atom. The summed E-state index contributed by atoms with van der Waals surface area (Å²) in [4.78, 5) is 17.6. The Bertz CT molecular complexity index is 1150. The first-order chi connectivity index (χ1) is 17.2. The van der Waals surface area contributed by atoms with Gasteiger partial charge in [0, 0.05) is 50.9 Å². The van der Waals surface area contributed by atoms with Crippen molar-refractivity contribution < 1.29 is 14.3 Å². The standard InChI is InChI=1S/C29H35N3O3/c1-34-28-4-2-3-25(19-28)29(33)30-27-9-11-31(12-10-27)20-22-5-7-24-8-6-23(18-26(24)17-22)21-32-13-15-35-16-14-32/h2-8,17-19,27H,9-16,20-21H2,1H3,(H,30,33). The minimum atomic E-state index is -0.0234. The number of carbonyl (C=O) groups is 1. The zero-order chi connectivity index (χ0) is 24.0. The van der Waals surface area contributed by atoms with Crippen molar-refractivity contribution in [3.8, 4) is 5.75 Å². The first kappa shape index (κ1) is 23.8. The van der Waals surface area contributed by atoms with Crippen LogP contribution in [-0.4, -0.2) is 68.3 Å². The van der Waals surface area contributed by atoms with Gasteiger partial charge in [-0.25, -0.2) is 0 Å². The molecule has 0 aliphatic carbocycles. The average Bonchev–Trinajstić information content (AvgIpc) is 2.90.